The third kappa shape index (κ3) is 3.46. The van der Waals surface area contributed by atoms with Gasteiger partial charge < -0.3 is 5.32 Å². The van der Waals surface area contributed by atoms with E-state index in [1.807, 2.05) is 17.9 Å². The van der Waals surface area contributed by atoms with Crippen molar-refractivity contribution in [2.45, 2.75) is 13.3 Å². The van der Waals surface area contributed by atoms with Crippen LogP contribution in [0.5, 0.6) is 0 Å². The fourth-order valence-corrected chi connectivity index (χ4v) is 2.22. The first kappa shape index (κ1) is 12.4. The fourth-order valence-electron chi connectivity index (χ4n) is 1.73. The summed E-state index contributed by atoms with van der Waals surface area (Å²) in [4.78, 5) is 0. The fraction of sp³-hybridized carbons (Fsp3) is 0.308. The molecule has 0 bridgehead atoms. The summed E-state index contributed by atoms with van der Waals surface area (Å²) in [5.41, 5.74) is 3.78. The lowest BCUT2D eigenvalue weighted by molar-refractivity contribution is 0.767. The van der Waals surface area contributed by atoms with Crippen LogP contribution in [0.1, 0.15) is 11.1 Å². The average Bonchev–Trinajstić information content (AvgIpc) is 2.69. The molecule has 2 aromatic rings. The molecular formula is C13H16IN3. The lowest BCUT2D eigenvalue weighted by Crippen LogP contribution is -2.05. The number of hydrogen-bond donors (Lipinski definition) is 1. The van der Waals surface area contributed by atoms with E-state index in [0.29, 0.717) is 0 Å². The zero-order valence-corrected chi connectivity index (χ0v) is 12.2. The highest BCUT2D eigenvalue weighted by molar-refractivity contribution is 14.1. The van der Waals surface area contributed by atoms with E-state index >= 15 is 0 Å². The molecule has 2 rings (SSSR count). The van der Waals surface area contributed by atoms with Crippen LogP contribution in [0.2, 0.25) is 0 Å². The van der Waals surface area contributed by atoms with Gasteiger partial charge in [0.05, 0.1) is 6.20 Å². The number of aryl methyl sites for hydroxylation is 2. The number of aromatic nitrogens is 2. The topological polar surface area (TPSA) is 29.9 Å². The van der Waals surface area contributed by atoms with Crippen LogP contribution in [0.3, 0.4) is 0 Å². The van der Waals surface area contributed by atoms with Crippen LogP contribution >= 0.6 is 22.6 Å². The molecule has 1 aromatic heterocycles. The van der Waals surface area contributed by atoms with Gasteiger partial charge in [0, 0.05) is 29.0 Å². The second-order valence-electron chi connectivity index (χ2n) is 4.16. The molecular weight excluding hydrogens is 325 g/mol. The van der Waals surface area contributed by atoms with Crippen molar-refractivity contribution in [3.05, 3.63) is 45.3 Å². The van der Waals surface area contributed by atoms with E-state index in [-0.39, 0.29) is 0 Å². The number of nitrogens with zero attached hydrogens (tertiary/aromatic N) is 2. The van der Waals surface area contributed by atoms with Crippen molar-refractivity contribution in [2.75, 3.05) is 11.9 Å². The molecule has 4 heteroatoms. The molecule has 0 unspecified atom stereocenters. The highest BCUT2D eigenvalue weighted by atomic mass is 127. The largest absolute Gasteiger partial charge is 0.384 e. The molecule has 0 aliphatic carbocycles. The van der Waals surface area contributed by atoms with Gasteiger partial charge in [-0.1, -0.05) is 6.07 Å². The Labute approximate surface area is 115 Å². The Balaban J connectivity index is 1.91. The Morgan fingerprint density at radius 1 is 1.41 bits per heavy atom. The summed E-state index contributed by atoms with van der Waals surface area (Å²) in [6.45, 7) is 3.06. The summed E-state index contributed by atoms with van der Waals surface area (Å²) in [7, 11) is 1.95. The Morgan fingerprint density at radius 2 is 2.24 bits per heavy atom. The summed E-state index contributed by atoms with van der Waals surface area (Å²) in [5.74, 6) is 0. The second-order valence-corrected chi connectivity index (χ2v) is 5.40. The number of anilines is 1. The van der Waals surface area contributed by atoms with Gasteiger partial charge in [0.2, 0.25) is 0 Å². The van der Waals surface area contributed by atoms with Crippen molar-refractivity contribution in [1.29, 1.82) is 0 Å². The van der Waals surface area contributed by atoms with Gasteiger partial charge in [-0.15, -0.1) is 0 Å². The monoisotopic (exact) mass is 341 g/mol. The molecule has 0 fully saturated rings. The molecule has 0 radical (unpaired) electrons. The van der Waals surface area contributed by atoms with E-state index < -0.39 is 0 Å². The first-order valence-electron chi connectivity index (χ1n) is 5.63. The molecule has 0 aliphatic rings. The molecule has 0 atom stereocenters. The number of hydrogen-bond acceptors (Lipinski definition) is 2. The highest BCUT2D eigenvalue weighted by Gasteiger charge is 2.00. The van der Waals surface area contributed by atoms with Gasteiger partial charge in [0.1, 0.15) is 0 Å². The summed E-state index contributed by atoms with van der Waals surface area (Å²) >= 11 is 2.34. The lowest BCUT2D eigenvalue weighted by Gasteiger charge is -2.09. The molecule has 0 amide bonds. The lowest BCUT2D eigenvalue weighted by atomic mass is 10.2. The molecule has 3 nitrogen and oxygen atoms in total. The Hall–Kier alpha value is -1.04. The molecule has 0 spiro atoms. The highest BCUT2D eigenvalue weighted by Crippen LogP contribution is 2.18. The zero-order valence-electron chi connectivity index (χ0n) is 10.1. The van der Waals surface area contributed by atoms with E-state index in [9.17, 15) is 0 Å². The van der Waals surface area contributed by atoms with Gasteiger partial charge in [-0.05, 0) is 59.2 Å². The van der Waals surface area contributed by atoms with Gasteiger partial charge in [-0.3, -0.25) is 4.68 Å². The molecule has 17 heavy (non-hydrogen) atoms. The van der Waals surface area contributed by atoms with Crippen molar-refractivity contribution in [2.24, 2.45) is 7.05 Å². The number of halogens is 1. The van der Waals surface area contributed by atoms with Gasteiger partial charge >= 0.3 is 0 Å². The van der Waals surface area contributed by atoms with Gasteiger partial charge in [0.25, 0.3) is 0 Å². The van der Waals surface area contributed by atoms with Crippen LogP contribution < -0.4 is 5.32 Å². The first-order valence-corrected chi connectivity index (χ1v) is 6.70. The molecule has 0 saturated carbocycles. The van der Waals surface area contributed by atoms with E-state index in [0.717, 1.165) is 13.0 Å². The average molecular weight is 341 g/mol. The third-order valence-corrected chi connectivity index (χ3v) is 3.36. The summed E-state index contributed by atoms with van der Waals surface area (Å²) in [6, 6.07) is 6.45. The van der Waals surface area contributed by atoms with Crippen LogP contribution in [0, 0.1) is 10.5 Å². The summed E-state index contributed by atoms with van der Waals surface area (Å²) < 4.78 is 3.10. The van der Waals surface area contributed by atoms with Crippen molar-refractivity contribution in [3.63, 3.8) is 0 Å². The number of benzene rings is 1. The van der Waals surface area contributed by atoms with Crippen LogP contribution in [-0.4, -0.2) is 16.3 Å². The molecule has 1 heterocycles. The maximum absolute atomic E-state index is 4.16. The normalized spacial score (nSPS) is 10.5. The van der Waals surface area contributed by atoms with Gasteiger partial charge in [0.15, 0.2) is 0 Å². The zero-order chi connectivity index (χ0) is 12.3. The Morgan fingerprint density at radius 3 is 2.94 bits per heavy atom. The maximum atomic E-state index is 4.16. The van der Waals surface area contributed by atoms with E-state index in [1.54, 1.807) is 0 Å². The Bertz CT molecular complexity index is 505. The minimum absolute atomic E-state index is 0.937. The standard InChI is InChI=1S/C13H16IN3/c1-10-3-4-12(14)7-13(10)15-6-5-11-8-16-17(2)9-11/h3-4,7-9,15H,5-6H2,1-2H3. The maximum Gasteiger partial charge on any atom is 0.0522 e. The van der Waals surface area contributed by atoms with E-state index in [2.05, 4.69) is 64.3 Å². The number of nitrogens with one attached hydrogen (secondary N) is 1. The summed E-state index contributed by atoms with van der Waals surface area (Å²) in [5, 5.41) is 7.63. The minimum atomic E-state index is 0.937. The molecule has 90 valence electrons. The smallest absolute Gasteiger partial charge is 0.0522 e. The molecule has 1 aromatic carbocycles. The third-order valence-electron chi connectivity index (χ3n) is 2.69. The van der Waals surface area contributed by atoms with Crippen LogP contribution in [-0.2, 0) is 13.5 Å². The quantitative estimate of drug-likeness (QED) is 0.867. The summed E-state index contributed by atoms with van der Waals surface area (Å²) in [6.07, 6.45) is 4.98. The van der Waals surface area contributed by atoms with E-state index in [4.69, 9.17) is 0 Å². The second kappa shape index (κ2) is 5.53. The first-order chi connectivity index (χ1) is 8.15. The van der Waals surface area contributed by atoms with Crippen LogP contribution in [0.4, 0.5) is 5.69 Å². The van der Waals surface area contributed by atoms with Crippen molar-refractivity contribution < 1.29 is 0 Å². The molecule has 0 aliphatic heterocycles. The predicted octanol–water partition coefficient (Wildman–Crippen LogP) is 2.99. The van der Waals surface area contributed by atoms with Crippen molar-refractivity contribution in [3.8, 4) is 0 Å². The van der Waals surface area contributed by atoms with Crippen molar-refractivity contribution in [1.82, 2.24) is 9.78 Å². The number of rotatable bonds is 4. The van der Waals surface area contributed by atoms with Gasteiger partial charge in [-0.25, -0.2) is 0 Å². The minimum Gasteiger partial charge on any atom is -0.384 e. The van der Waals surface area contributed by atoms with Crippen LogP contribution in [0.15, 0.2) is 30.6 Å². The Kier molecular flexibility index (Phi) is 4.04. The van der Waals surface area contributed by atoms with Gasteiger partial charge in [-0.2, -0.15) is 5.10 Å². The van der Waals surface area contributed by atoms with Crippen LogP contribution in [0.25, 0.3) is 0 Å². The van der Waals surface area contributed by atoms with E-state index in [1.165, 1.54) is 20.4 Å². The molecule has 1 N–H and O–H groups in total. The van der Waals surface area contributed by atoms with Crippen molar-refractivity contribution >= 4 is 28.3 Å². The SMILES string of the molecule is Cc1ccc(I)cc1NCCc1cnn(C)c1. The molecule has 0 saturated heterocycles. The predicted molar refractivity (Wildman–Crippen MR) is 79.3 cm³/mol.